The van der Waals surface area contributed by atoms with Crippen LogP contribution in [0.2, 0.25) is 0 Å². The number of hydrogen-bond acceptors (Lipinski definition) is 6. The lowest BCUT2D eigenvalue weighted by atomic mass is 10.0. The minimum Gasteiger partial charge on any atom is -0.329 e. The third-order valence-corrected chi connectivity index (χ3v) is 6.87. The van der Waals surface area contributed by atoms with E-state index in [1.807, 2.05) is 43.3 Å². The maximum absolute atomic E-state index is 13.1. The second kappa shape index (κ2) is 7.67. The van der Waals surface area contributed by atoms with Gasteiger partial charge in [-0.25, -0.2) is 5.48 Å². The van der Waals surface area contributed by atoms with Gasteiger partial charge in [-0.05, 0) is 48.4 Å². The number of nitrogens with one attached hydrogen (secondary N) is 1. The molecule has 28 heavy (non-hydrogen) atoms. The fourth-order valence-corrected chi connectivity index (χ4v) is 5.22. The summed E-state index contributed by atoms with van der Waals surface area (Å²) in [7, 11) is 0. The van der Waals surface area contributed by atoms with E-state index in [1.165, 1.54) is 22.7 Å². The first-order valence-electron chi connectivity index (χ1n) is 8.64. The first kappa shape index (κ1) is 18.5. The van der Waals surface area contributed by atoms with Crippen molar-refractivity contribution in [2.45, 2.75) is 13.5 Å². The lowest BCUT2D eigenvalue weighted by molar-refractivity contribution is 0.0711. The van der Waals surface area contributed by atoms with Crippen LogP contribution in [0.15, 0.2) is 48.7 Å². The molecule has 0 radical (unpaired) electrons. The van der Waals surface area contributed by atoms with Crippen LogP contribution in [-0.4, -0.2) is 33.5 Å². The number of carbonyl (C=O) groups is 2. The molecule has 3 aromatic heterocycles. The van der Waals surface area contributed by atoms with E-state index in [0.717, 1.165) is 26.6 Å². The van der Waals surface area contributed by atoms with E-state index in [9.17, 15) is 9.59 Å². The van der Waals surface area contributed by atoms with Gasteiger partial charge in [0, 0.05) is 24.2 Å². The van der Waals surface area contributed by atoms with Crippen molar-refractivity contribution in [3.63, 3.8) is 0 Å². The van der Waals surface area contributed by atoms with E-state index in [0.29, 0.717) is 22.8 Å². The molecule has 8 heteroatoms. The van der Waals surface area contributed by atoms with Gasteiger partial charge in [0.1, 0.15) is 0 Å². The molecule has 0 spiro atoms. The topological polar surface area (TPSA) is 82.5 Å². The largest absolute Gasteiger partial charge is 0.329 e. The van der Waals surface area contributed by atoms with Gasteiger partial charge < -0.3 is 4.90 Å². The van der Waals surface area contributed by atoms with Crippen molar-refractivity contribution in [2.24, 2.45) is 0 Å². The zero-order chi connectivity index (χ0) is 19.7. The average Bonchev–Trinajstić information content (AvgIpc) is 3.40. The highest BCUT2D eigenvalue weighted by molar-refractivity contribution is 7.17. The highest BCUT2D eigenvalue weighted by Crippen LogP contribution is 2.36. The fraction of sp³-hybridized carbons (Fsp3) is 0.150. The van der Waals surface area contributed by atoms with Crippen molar-refractivity contribution in [3.8, 4) is 10.6 Å². The molecule has 0 aliphatic carbocycles. The Morgan fingerprint density at radius 1 is 1.18 bits per heavy atom. The molecule has 0 unspecified atom stereocenters. The molecule has 2 N–H and O–H groups in total. The van der Waals surface area contributed by atoms with Crippen LogP contribution in [0.1, 0.15) is 36.7 Å². The molecular weight excluding hydrogens is 394 g/mol. The summed E-state index contributed by atoms with van der Waals surface area (Å²) >= 11 is 2.75. The van der Waals surface area contributed by atoms with Crippen molar-refractivity contribution in [2.75, 3.05) is 6.54 Å². The third kappa shape index (κ3) is 3.37. The SMILES string of the molecule is C/C=C1/CN(C(=O)c2ccc(-c3ccccn3)s2)Cc2cc(C(=O)NO)sc21. The van der Waals surface area contributed by atoms with E-state index < -0.39 is 5.91 Å². The van der Waals surface area contributed by atoms with Crippen LogP contribution in [0.5, 0.6) is 0 Å². The Morgan fingerprint density at radius 2 is 2.04 bits per heavy atom. The molecule has 2 amide bonds. The van der Waals surface area contributed by atoms with Crippen molar-refractivity contribution >= 4 is 40.1 Å². The van der Waals surface area contributed by atoms with Gasteiger partial charge in [-0.1, -0.05) is 12.1 Å². The zero-order valence-electron chi connectivity index (χ0n) is 15.0. The molecule has 1 aliphatic heterocycles. The van der Waals surface area contributed by atoms with E-state index in [4.69, 9.17) is 5.21 Å². The Bertz CT molecular complexity index is 1070. The molecule has 0 saturated heterocycles. The number of allylic oxidation sites excluding steroid dienone is 1. The summed E-state index contributed by atoms with van der Waals surface area (Å²) in [6, 6.07) is 11.2. The Labute approximate surface area is 169 Å². The minimum atomic E-state index is -0.536. The number of pyridine rings is 1. The zero-order valence-corrected chi connectivity index (χ0v) is 16.6. The molecule has 0 aromatic carbocycles. The summed E-state index contributed by atoms with van der Waals surface area (Å²) in [5, 5.41) is 8.88. The third-order valence-electron chi connectivity index (χ3n) is 4.52. The fourth-order valence-electron chi connectivity index (χ4n) is 3.14. The first-order chi connectivity index (χ1) is 13.6. The number of rotatable bonds is 3. The van der Waals surface area contributed by atoms with Crippen LogP contribution >= 0.6 is 22.7 Å². The van der Waals surface area contributed by atoms with Gasteiger partial charge in [-0.2, -0.15) is 0 Å². The highest BCUT2D eigenvalue weighted by atomic mass is 32.1. The standard InChI is InChI=1S/C20H17N3O3S2/c1-2-12-10-23(11-13-9-17(19(24)22-26)28-18(12)13)20(25)16-7-6-15(27-16)14-5-3-4-8-21-14/h2-9,26H,10-11H2,1H3,(H,22,24)/b12-2-. The number of carbonyl (C=O) groups excluding carboxylic acids is 2. The average molecular weight is 412 g/mol. The molecule has 6 nitrogen and oxygen atoms in total. The lowest BCUT2D eigenvalue weighted by Gasteiger charge is -2.28. The summed E-state index contributed by atoms with van der Waals surface area (Å²) in [6.45, 7) is 2.83. The van der Waals surface area contributed by atoms with E-state index >= 15 is 0 Å². The van der Waals surface area contributed by atoms with Crippen LogP contribution in [0, 0.1) is 0 Å². The molecule has 142 valence electrons. The van der Waals surface area contributed by atoms with Crippen LogP contribution in [-0.2, 0) is 6.54 Å². The predicted octanol–water partition coefficient (Wildman–Crippen LogP) is 4.05. The molecule has 3 aromatic rings. The second-order valence-corrected chi connectivity index (χ2v) is 8.40. The molecule has 1 aliphatic rings. The van der Waals surface area contributed by atoms with Gasteiger partial charge in [-0.3, -0.25) is 19.8 Å². The molecule has 0 atom stereocenters. The molecule has 4 rings (SSSR count). The number of amides is 2. The van der Waals surface area contributed by atoms with Gasteiger partial charge in [-0.15, -0.1) is 22.7 Å². The number of hydrogen-bond donors (Lipinski definition) is 2. The Morgan fingerprint density at radius 3 is 2.75 bits per heavy atom. The van der Waals surface area contributed by atoms with Crippen molar-refractivity contribution in [3.05, 3.63) is 68.9 Å². The number of thiophene rings is 2. The Balaban J connectivity index is 1.60. The smallest absolute Gasteiger partial charge is 0.284 e. The first-order valence-corrected chi connectivity index (χ1v) is 10.3. The predicted molar refractivity (Wildman–Crippen MR) is 110 cm³/mol. The number of hydroxylamine groups is 1. The lowest BCUT2D eigenvalue weighted by Crippen LogP contribution is -2.34. The van der Waals surface area contributed by atoms with E-state index in [2.05, 4.69) is 4.98 Å². The maximum Gasteiger partial charge on any atom is 0.284 e. The molecule has 4 heterocycles. The van der Waals surface area contributed by atoms with Crippen LogP contribution < -0.4 is 5.48 Å². The maximum atomic E-state index is 13.1. The quantitative estimate of drug-likeness (QED) is 0.503. The second-order valence-electron chi connectivity index (χ2n) is 6.26. The van der Waals surface area contributed by atoms with Gasteiger partial charge in [0.15, 0.2) is 0 Å². The van der Waals surface area contributed by atoms with E-state index in [1.54, 1.807) is 22.6 Å². The van der Waals surface area contributed by atoms with E-state index in [-0.39, 0.29) is 5.91 Å². The number of fused-ring (bicyclic) bond motifs is 1. The van der Waals surface area contributed by atoms with Gasteiger partial charge in [0.2, 0.25) is 0 Å². The Kier molecular flexibility index (Phi) is 5.08. The summed E-state index contributed by atoms with van der Waals surface area (Å²) in [5.74, 6) is -0.581. The Hall–Kier alpha value is -2.81. The molecule has 0 fully saturated rings. The van der Waals surface area contributed by atoms with Gasteiger partial charge in [0.05, 0.1) is 20.3 Å². The summed E-state index contributed by atoms with van der Waals surface area (Å²) in [5.41, 5.74) is 4.43. The van der Waals surface area contributed by atoms with Gasteiger partial charge in [0.25, 0.3) is 11.8 Å². The highest BCUT2D eigenvalue weighted by Gasteiger charge is 2.28. The summed E-state index contributed by atoms with van der Waals surface area (Å²) < 4.78 is 0. The molecule has 0 bridgehead atoms. The monoisotopic (exact) mass is 411 g/mol. The molecular formula is C20H17N3O3S2. The minimum absolute atomic E-state index is 0.0449. The van der Waals surface area contributed by atoms with Crippen LogP contribution in [0.4, 0.5) is 0 Å². The number of nitrogens with zero attached hydrogens (tertiary/aromatic N) is 2. The number of aromatic nitrogens is 1. The summed E-state index contributed by atoms with van der Waals surface area (Å²) in [6.07, 6.45) is 3.70. The van der Waals surface area contributed by atoms with Crippen LogP contribution in [0.3, 0.4) is 0 Å². The summed E-state index contributed by atoms with van der Waals surface area (Å²) in [4.78, 5) is 34.0. The van der Waals surface area contributed by atoms with Crippen LogP contribution in [0.25, 0.3) is 16.1 Å². The van der Waals surface area contributed by atoms with Crippen molar-refractivity contribution < 1.29 is 14.8 Å². The van der Waals surface area contributed by atoms with Crippen molar-refractivity contribution in [1.29, 1.82) is 0 Å². The molecule has 0 saturated carbocycles. The van der Waals surface area contributed by atoms with Crippen molar-refractivity contribution in [1.82, 2.24) is 15.4 Å². The normalized spacial score (nSPS) is 14.8. The van der Waals surface area contributed by atoms with Gasteiger partial charge >= 0.3 is 0 Å².